The number of benzene rings is 11. The molecular formula is C66H44N2. The van der Waals surface area contributed by atoms with Gasteiger partial charge in [0.05, 0.1) is 11.0 Å². The van der Waals surface area contributed by atoms with E-state index in [9.17, 15) is 0 Å². The van der Waals surface area contributed by atoms with Crippen LogP contribution in [0, 0.1) is 0 Å². The van der Waals surface area contributed by atoms with Crippen molar-refractivity contribution in [2.75, 3.05) is 0 Å². The molecule has 11 aromatic carbocycles. The summed E-state index contributed by atoms with van der Waals surface area (Å²) in [7, 11) is 0. The lowest BCUT2D eigenvalue weighted by atomic mass is 9.72. The van der Waals surface area contributed by atoms with Gasteiger partial charge in [0.1, 0.15) is 0 Å². The van der Waals surface area contributed by atoms with Gasteiger partial charge < -0.3 is 9.97 Å². The van der Waals surface area contributed by atoms with Crippen LogP contribution in [0.1, 0.15) is 0 Å². The van der Waals surface area contributed by atoms with Crippen LogP contribution in [0.3, 0.4) is 0 Å². The van der Waals surface area contributed by atoms with E-state index in [1.807, 2.05) is 0 Å². The SMILES string of the molecule is c1ccc(-c2c(-c3ccccc3)c(-c3ccccc3-c3cccc4c3[nH]c3ccccc34)c(-c3ccccc3)c(-c3ccccc3)c2-c2ccccc2-c2cccc3c2[nH]c2ccccc23)cc1. The van der Waals surface area contributed by atoms with Gasteiger partial charge in [0.2, 0.25) is 0 Å². The third kappa shape index (κ3) is 6.41. The van der Waals surface area contributed by atoms with Crippen LogP contribution >= 0.6 is 0 Å². The molecule has 2 nitrogen and oxygen atoms in total. The van der Waals surface area contributed by atoms with E-state index >= 15 is 0 Å². The van der Waals surface area contributed by atoms with Crippen molar-refractivity contribution in [3.63, 3.8) is 0 Å². The van der Waals surface area contributed by atoms with E-state index < -0.39 is 0 Å². The van der Waals surface area contributed by atoms with Crippen molar-refractivity contribution >= 4 is 43.6 Å². The molecule has 68 heavy (non-hydrogen) atoms. The molecule has 318 valence electrons. The molecule has 0 bridgehead atoms. The molecule has 0 unspecified atom stereocenters. The second-order valence-corrected chi connectivity index (χ2v) is 17.6. The van der Waals surface area contributed by atoms with E-state index in [1.54, 1.807) is 0 Å². The summed E-state index contributed by atoms with van der Waals surface area (Å²) in [6.07, 6.45) is 0. The van der Waals surface area contributed by atoms with Gasteiger partial charge in [-0.25, -0.2) is 0 Å². The van der Waals surface area contributed by atoms with Gasteiger partial charge in [-0.2, -0.15) is 0 Å². The number of hydrogen-bond donors (Lipinski definition) is 2. The number of hydrogen-bond acceptors (Lipinski definition) is 0. The molecule has 0 aliphatic heterocycles. The topological polar surface area (TPSA) is 31.6 Å². The van der Waals surface area contributed by atoms with Gasteiger partial charge in [-0.3, -0.25) is 0 Å². The number of para-hydroxylation sites is 4. The zero-order chi connectivity index (χ0) is 45.0. The Morgan fingerprint density at radius 1 is 0.176 bits per heavy atom. The fourth-order valence-corrected chi connectivity index (χ4v) is 10.9. The maximum atomic E-state index is 3.86. The van der Waals surface area contributed by atoms with Gasteiger partial charge in [0.25, 0.3) is 0 Å². The minimum absolute atomic E-state index is 1.13. The maximum absolute atomic E-state index is 3.86. The smallest absolute Gasteiger partial charge is 0.0544 e. The number of aromatic nitrogens is 2. The summed E-state index contributed by atoms with van der Waals surface area (Å²) in [6.45, 7) is 0. The Morgan fingerprint density at radius 2 is 0.441 bits per heavy atom. The van der Waals surface area contributed by atoms with E-state index in [1.165, 1.54) is 54.9 Å². The van der Waals surface area contributed by atoms with E-state index in [0.29, 0.717) is 0 Å². The molecular weight excluding hydrogens is 821 g/mol. The van der Waals surface area contributed by atoms with Gasteiger partial charge in [-0.05, 0) is 90.0 Å². The quantitative estimate of drug-likeness (QED) is 0.153. The first kappa shape index (κ1) is 39.4. The molecule has 13 rings (SSSR count). The molecule has 0 amide bonds. The number of rotatable bonds is 8. The van der Waals surface area contributed by atoms with E-state index in [4.69, 9.17) is 0 Å². The third-order valence-corrected chi connectivity index (χ3v) is 13.8. The predicted molar refractivity (Wildman–Crippen MR) is 289 cm³/mol. The first-order chi connectivity index (χ1) is 33.8. The summed E-state index contributed by atoms with van der Waals surface area (Å²) in [5.41, 5.74) is 23.2. The van der Waals surface area contributed by atoms with Crippen LogP contribution in [0.2, 0.25) is 0 Å². The molecule has 0 atom stereocenters. The average molecular weight is 865 g/mol. The van der Waals surface area contributed by atoms with Crippen molar-refractivity contribution in [2.45, 2.75) is 0 Å². The average Bonchev–Trinajstić information content (AvgIpc) is 4.00. The van der Waals surface area contributed by atoms with Crippen LogP contribution in [0.25, 0.3) is 133 Å². The Bertz CT molecular complexity index is 3620. The number of H-pyrrole nitrogens is 2. The molecule has 2 N–H and O–H groups in total. The fourth-order valence-electron chi connectivity index (χ4n) is 10.9. The second kappa shape index (κ2) is 16.5. The zero-order valence-corrected chi connectivity index (χ0v) is 37.2. The molecule has 0 spiro atoms. The van der Waals surface area contributed by atoms with Crippen LogP contribution in [-0.4, -0.2) is 9.97 Å². The number of nitrogens with one attached hydrogen (secondary N) is 2. The van der Waals surface area contributed by atoms with Crippen molar-refractivity contribution in [1.82, 2.24) is 9.97 Å². The highest BCUT2D eigenvalue weighted by Crippen LogP contribution is 2.58. The monoisotopic (exact) mass is 864 g/mol. The minimum atomic E-state index is 1.13. The summed E-state index contributed by atoms with van der Waals surface area (Å²) in [4.78, 5) is 7.72. The van der Waals surface area contributed by atoms with Gasteiger partial charge in [-0.1, -0.05) is 243 Å². The first-order valence-corrected chi connectivity index (χ1v) is 23.4. The van der Waals surface area contributed by atoms with Crippen LogP contribution < -0.4 is 0 Å². The summed E-state index contributed by atoms with van der Waals surface area (Å²) >= 11 is 0. The minimum Gasteiger partial charge on any atom is -0.354 e. The number of fused-ring (bicyclic) bond motifs is 6. The lowest BCUT2D eigenvalue weighted by Crippen LogP contribution is -2.03. The first-order valence-electron chi connectivity index (χ1n) is 23.4. The van der Waals surface area contributed by atoms with Gasteiger partial charge in [0, 0.05) is 43.7 Å². The highest BCUT2D eigenvalue weighted by molar-refractivity contribution is 6.20. The van der Waals surface area contributed by atoms with Crippen molar-refractivity contribution in [3.05, 3.63) is 255 Å². The van der Waals surface area contributed by atoms with E-state index in [0.717, 1.165) is 77.7 Å². The van der Waals surface area contributed by atoms with Gasteiger partial charge in [-0.15, -0.1) is 0 Å². The van der Waals surface area contributed by atoms with E-state index in [2.05, 4.69) is 265 Å². The van der Waals surface area contributed by atoms with Crippen LogP contribution in [0.4, 0.5) is 0 Å². The summed E-state index contributed by atoms with van der Waals surface area (Å²) < 4.78 is 0. The maximum Gasteiger partial charge on any atom is 0.0544 e. The van der Waals surface area contributed by atoms with Crippen molar-refractivity contribution < 1.29 is 0 Å². The Hall–Kier alpha value is -8.98. The molecule has 2 aromatic heterocycles. The van der Waals surface area contributed by atoms with Gasteiger partial charge >= 0.3 is 0 Å². The standard InChI is InChI=1S/C66H44N2/c1-5-23-43(24-6-1)59-60(44-25-7-2-8-26-44)64(52-36-16-14-32-48(52)54-38-22-40-56-50-34-18-20-42-58(50)68-66(54)56)62(46-29-11-4-12-30-46)61(45-27-9-3-10-28-45)63(59)51-35-15-13-31-47(51)53-37-21-39-55-49-33-17-19-41-57(49)67-65(53)55/h1-42,67-68H. The molecule has 0 saturated heterocycles. The molecule has 0 aliphatic carbocycles. The molecule has 0 radical (unpaired) electrons. The van der Waals surface area contributed by atoms with Crippen LogP contribution in [-0.2, 0) is 0 Å². The molecule has 0 fully saturated rings. The Morgan fingerprint density at radius 3 is 0.794 bits per heavy atom. The zero-order valence-electron chi connectivity index (χ0n) is 37.2. The fraction of sp³-hybridized carbons (Fsp3) is 0. The largest absolute Gasteiger partial charge is 0.354 e. The van der Waals surface area contributed by atoms with E-state index in [-0.39, 0.29) is 0 Å². The number of aromatic amines is 2. The lowest BCUT2D eigenvalue weighted by Gasteiger charge is -2.30. The van der Waals surface area contributed by atoms with Crippen molar-refractivity contribution in [2.24, 2.45) is 0 Å². The van der Waals surface area contributed by atoms with Crippen molar-refractivity contribution in [1.29, 1.82) is 0 Å². The van der Waals surface area contributed by atoms with Crippen LogP contribution in [0.15, 0.2) is 255 Å². The highest BCUT2D eigenvalue weighted by Gasteiger charge is 2.31. The lowest BCUT2D eigenvalue weighted by molar-refractivity contribution is 1.50. The molecule has 0 aliphatic rings. The van der Waals surface area contributed by atoms with Crippen LogP contribution in [0.5, 0.6) is 0 Å². The highest BCUT2D eigenvalue weighted by atomic mass is 14.7. The molecule has 2 heteroatoms. The molecule has 0 saturated carbocycles. The predicted octanol–water partition coefficient (Wildman–Crippen LogP) is 18.3. The normalized spacial score (nSPS) is 11.5. The van der Waals surface area contributed by atoms with Gasteiger partial charge in [0.15, 0.2) is 0 Å². The second-order valence-electron chi connectivity index (χ2n) is 17.6. The summed E-state index contributed by atoms with van der Waals surface area (Å²) in [5, 5.41) is 4.87. The Balaban J connectivity index is 1.25. The van der Waals surface area contributed by atoms with Crippen molar-refractivity contribution in [3.8, 4) is 89.0 Å². The summed E-state index contributed by atoms with van der Waals surface area (Å²) in [5.74, 6) is 0. The molecule has 13 aromatic rings. The molecule has 2 heterocycles. The Labute approximate surface area is 395 Å². The third-order valence-electron chi connectivity index (χ3n) is 13.8. The Kier molecular flexibility index (Phi) is 9.54. The summed E-state index contributed by atoms with van der Waals surface area (Å²) in [6, 6.07) is 93.2.